The van der Waals surface area contributed by atoms with Crippen molar-refractivity contribution in [2.24, 2.45) is 11.8 Å². The third-order valence-corrected chi connectivity index (χ3v) is 6.64. The standard InChI is InChI=1S/C16H24N2O2S/c1-12-10-18(11-13(12)2)21(19,20)16-6-4-3-5-14(16)9-17-15-7-8-15/h3-6,12-13,15,17H,7-11H2,1-2H3. The van der Waals surface area contributed by atoms with Crippen LogP contribution in [0, 0.1) is 11.8 Å². The molecule has 1 saturated carbocycles. The van der Waals surface area contributed by atoms with Crippen molar-refractivity contribution in [3.63, 3.8) is 0 Å². The molecule has 2 aliphatic rings. The van der Waals surface area contributed by atoms with E-state index in [4.69, 9.17) is 0 Å². The topological polar surface area (TPSA) is 49.4 Å². The van der Waals surface area contributed by atoms with Crippen LogP contribution in [0.2, 0.25) is 0 Å². The first-order valence-electron chi connectivity index (χ1n) is 7.80. The van der Waals surface area contributed by atoms with Gasteiger partial charge in [0.15, 0.2) is 0 Å². The summed E-state index contributed by atoms with van der Waals surface area (Å²) >= 11 is 0. The smallest absolute Gasteiger partial charge is 0.243 e. The number of nitrogens with one attached hydrogen (secondary N) is 1. The van der Waals surface area contributed by atoms with Gasteiger partial charge < -0.3 is 5.32 Å². The van der Waals surface area contributed by atoms with E-state index in [2.05, 4.69) is 19.2 Å². The molecule has 116 valence electrons. The molecule has 0 radical (unpaired) electrons. The van der Waals surface area contributed by atoms with Gasteiger partial charge >= 0.3 is 0 Å². The van der Waals surface area contributed by atoms with Crippen LogP contribution >= 0.6 is 0 Å². The summed E-state index contributed by atoms with van der Waals surface area (Å²) in [6.07, 6.45) is 2.41. The van der Waals surface area contributed by atoms with Gasteiger partial charge in [0, 0.05) is 25.7 Å². The van der Waals surface area contributed by atoms with Crippen molar-refractivity contribution >= 4 is 10.0 Å². The van der Waals surface area contributed by atoms with Crippen LogP contribution in [0.15, 0.2) is 29.2 Å². The molecular formula is C16H24N2O2S. The Balaban J connectivity index is 1.84. The van der Waals surface area contributed by atoms with Crippen LogP contribution in [-0.4, -0.2) is 31.9 Å². The van der Waals surface area contributed by atoms with Gasteiger partial charge in [-0.25, -0.2) is 8.42 Å². The molecule has 1 N–H and O–H groups in total. The molecule has 2 unspecified atom stereocenters. The first-order chi connectivity index (χ1) is 9.98. The van der Waals surface area contributed by atoms with Crippen LogP contribution in [0.25, 0.3) is 0 Å². The predicted octanol–water partition coefficient (Wildman–Crippen LogP) is 2.22. The Morgan fingerprint density at radius 2 is 1.76 bits per heavy atom. The Hall–Kier alpha value is -0.910. The monoisotopic (exact) mass is 308 g/mol. The van der Waals surface area contributed by atoms with Crippen molar-refractivity contribution in [1.82, 2.24) is 9.62 Å². The maximum Gasteiger partial charge on any atom is 0.243 e. The molecule has 0 amide bonds. The molecule has 0 spiro atoms. The summed E-state index contributed by atoms with van der Waals surface area (Å²) in [4.78, 5) is 0.472. The second kappa shape index (κ2) is 5.71. The van der Waals surface area contributed by atoms with Crippen LogP contribution in [0.3, 0.4) is 0 Å². The summed E-state index contributed by atoms with van der Waals surface area (Å²) < 4.78 is 27.5. The van der Waals surface area contributed by atoms with Crippen LogP contribution in [0.5, 0.6) is 0 Å². The minimum Gasteiger partial charge on any atom is -0.310 e. The van der Waals surface area contributed by atoms with E-state index in [0.29, 0.717) is 42.4 Å². The molecule has 1 heterocycles. The van der Waals surface area contributed by atoms with Crippen molar-refractivity contribution in [3.05, 3.63) is 29.8 Å². The van der Waals surface area contributed by atoms with Gasteiger partial charge in [-0.1, -0.05) is 32.0 Å². The Bertz CT molecular complexity index is 600. The fraction of sp³-hybridized carbons (Fsp3) is 0.625. The highest BCUT2D eigenvalue weighted by Gasteiger charge is 2.35. The summed E-state index contributed by atoms with van der Waals surface area (Å²) in [5, 5.41) is 3.41. The SMILES string of the molecule is CC1CN(S(=O)(=O)c2ccccc2CNC2CC2)CC1C. The third-order valence-electron chi connectivity index (χ3n) is 4.70. The van der Waals surface area contributed by atoms with Crippen LogP contribution in [0.4, 0.5) is 0 Å². The maximum absolute atomic E-state index is 12.9. The Labute approximate surface area is 127 Å². The van der Waals surface area contributed by atoms with E-state index in [1.165, 1.54) is 12.8 Å². The highest BCUT2D eigenvalue weighted by atomic mass is 32.2. The summed E-state index contributed by atoms with van der Waals surface area (Å²) in [6, 6.07) is 7.97. The van der Waals surface area contributed by atoms with Gasteiger partial charge in [0.05, 0.1) is 4.90 Å². The molecule has 1 aromatic carbocycles. The lowest BCUT2D eigenvalue weighted by Crippen LogP contribution is -2.30. The molecule has 2 fully saturated rings. The second-order valence-corrected chi connectivity index (χ2v) is 8.45. The minimum atomic E-state index is -3.37. The normalized spacial score (nSPS) is 27.1. The molecular weight excluding hydrogens is 284 g/mol. The maximum atomic E-state index is 12.9. The molecule has 1 saturated heterocycles. The van der Waals surface area contributed by atoms with Crippen molar-refractivity contribution in [2.75, 3.05) is 13.1 Å². The highest BCUT2D eigenvalue weighted by molar-refractivity contribution is 7.89. The summed E-state index contributed by atoms with van der Waals surface area (Å²) in [5.74, 6) is 0.855. The second-order valence-electron chi connectivity index (χ2n) is 6.54. The molecule has 0 aromatic heterocycles. The van der Waals surface area contributed by atoms with E-state index in [1.807, 2.05) is 18.2 Å². The number of rotatable bonds is 5. The molecule has 4 nitrogen and oxygen atoms in total. The first-order valence-corrected chi connectivity index (χ1v) is 9.24. The van der Waals surface area contributed by atoms with E-state index >= 15 is 0 Å². The lowest BCUT2D eigenvalue weighted by Gasteiger charge is -2.19. The fourth-order valence-electron chi connectivity index (χ4n) is 2.86. The number of hydrogen-bond acceptors (Lipinski definition) is 3. The van der Waals surface area contributed by atoms with E-state index in [1.54, 1.807) is 10.4 Å². The Morgan fingerprint density at radius 3 is 2.38 bits per heavy atom. The average molecular weight is 308 g/mol. The van der Waals surface area contributed by atoms with Gasteiger partial charge in [-0.2, -0.15) is 4.31 Å². The highest BCUT2D eigenvalue weighted by Crippen LogP contribution is 2.29. The number of nitrogens with zero attached hydrogens (tertiary/aromatic N) is 1. The molecule has 2 atom stereocenters. The predicted molar refractivity (Wildman–Crippen MR) is 83.4 cm³/mol. The van der Waals surface area contributed by atoms with Crippen LogP contribution in [0.1, 0.15) is 32.3 Å². The number of benzene rings is 1. The van der Waals surface area contributed by atoms with Crippen LogP contribution < -0.4 is 5.32 Å². The van der Waals surface area contributed by atoms with E-state index in [9.17, 15) is 8.42 Å². The van der Waals surface area contributed by atoms with Crippen molar-refractivity contribution in [1.29, 1.82) is 0 Å². The molecule has 5 heteroatoms. The van der Waals surface area contributed by atoms with Gasteiger partial charge in [-0.05, 0) is 36.3 Å². The third kappa shape index (κ3) is 3.15. The van der Waals surface area contributed by atoms with Gasteiger partial charge in [0.1, 0.15) is 0 Å². The largest absolute Gasteiger partial charge is 0.310 e. The zero-order valence-corrected chi connectivity index (χ0v) is 13.6. The average Bonchev–Trinajstić information content (AvgIpc) is 3.22. The van der Waals surface area contributed by atoms with Crippen molar-refractivity contribution < 1.29 is 8.42 Å². The molecule has 1 aliphatic carbocycles. The molecule has 21 heavy (non-hydrogen) atoms. The van der Waals surface area contributed by atoms with E-state index < -0.39 is 10.0 Å². The van der Waals surface area contributed by atoms with Crippen molar-refractivity contribution in [2.45, 2.75) is 44.2 Å². The molecule has 1 aromatic rings. The lowest BCUT2D eigenvalue weighted by atomic mass is 10.0. The first kappa shape index (κ1) is 15.0. The Morgan fingerprint density at radius 1 is 1.14 bits per heavy atom. The minimum absolute atomic E-state index is 0.427. The lowest BCUT2D eigenvalue weighted by molar-refractivity contribution is 0.462. The molecule has 1 aliphatic heterocycles. The van der Waals surface area contributed by atoms with Crippen LogP contribution in [-0.2, 0) is 16.6 Å². The summed E-state index contributed by atoms with van der Waals surface area (Å²) in [5.41, 5.74) is 0.886. The number of sulfonamides is 1. The van der Waals surface area contributed by atoms with Gasteiger partial charge in [0.2, 0.25) is 10.0 Å². The zero-order valence-electron chi connectivity index (χ0n) is 12.7. The van der Waals surface area contributed by atoms with Gasteiger partial charge in [-0.3, -0.25) is 0 Å². The summed E-state index contributed by atoms with van der Waals surface area (Å²) in [6.45, 7) is 6.16. The fourth-order valence-corrected chi connectivity index (χ4v) is 4.72. The van der Waals surface area contributed by atoms with Gasteiger partial charge in [-0.15, -0.1) is 0 Å². The van der Waals surface area contributed by atoms with E-state index in [0.717, 1.165) is 5.56 Å². The zero-order chi connectivity index (χ0) is 15.0. The Kier molecular flexibility index (Phi) is 4.08. The van der Waals surface area contributed by atoms with Crippen molar-refractivity contribution in [3.8, 4) is 0 Å². The number of hydrogen-bond donors (Lipinski definition) is 1. The molecule has 3 rings (SSSR count). The van der Waals surface area contributed by atoms with Gasteiger partial charge in [0.25, 0.3) is 0 Å². The molecule has 0 bridgehead atoms. The quantitative estimate of drug-likeness (QED) is 0.907. The van der Waals surface area contributed by atoms with E-state index in [-0.39, 0.29) is 0 Å². The summed E-state index contributed by atoms with van der Waals surface area (Å²) in [7, 11) is -3.37.